The largest absolute Gasteiger partial charge is 0.373 e. The van der Waals surface area contributed by atoms with Crippen LogP contribution < -0.4 is 10.6 Å². The molecule has 0 bridgehead atoms. The van der Waals surface area contributed by atoms with Gasteiger partial charge >= 0.3 is 0 Å². The first-order valence-electron chi connectivity index (χ1n) is 10.8. The summed E-state index contributed by atoms with van der Waals surface area (Å²) in [6.07, 6.45) is 8.56. The Labute approximate surface area is 191 Å². The number of fused-ring (bicyclic) bond motifs is 2. The zero-order valence-electron chi connectivity index (χ0n) is 18.4. The number of nitrogens with one attached hydrogen (secondary N) is 2. The van der Waals surface area contributed by atoms with Crippen molar-refractivity contribution in [1.29, 1.82) is 0 Å². The highest BCUT2D eigenvalue weighted by molar-refractivity contribution is 7.10. The summed E-state index contributed by atoms with van der Waals surface area (Å²) in [6.45, 7) is 4.24. The molecule has 2 N–H and O–H groups in total. The first-order valence-corrected chi connectivity index (χ1v) is 11.7. The molecule has 7 heteroatoms. The lowest BCUT2D eigenvalue weighted by atomic mass is 9.88. The van der Waals surface area contributed by atoms with Crippen LogP contribution in [0.1, 0.15) is 39.8 Å². The van der Waals surface area contributed by atoms with Crippen LogP contribution in [0.3, 0.4) is 0 Å². The monoisotopic (exact) mass is 443 g/mol. The Balaban J connectivity index is 1.43. The Morgan fingerprint density at radius 1 is 1.12 bits per heavy atom. The maximum absolute atomic E-state index is 13.0. The highest BCUT2D eigenvalue weighted by Gasteiger charge is 2.23. The standard InChI is InChI=1S/C25H25N5OS/c1-14-4-5-19-21(13-32-23(19)6-14)25(31)30-18-8-20(15(2)27-12-18)16-7-17-11-29-24(26-3)9-22(17)28-10-16/h7-14H,4-6H2,1-3H3,(H,26,29)(H,30,31). The van der Waals surface area contributed by atoms with E-state index in [4.69, 9.17) is 0 Å². The van der Waals surface area contributed by atoms with Gasteiger partial charge in [0.2, 0.25) is 0 Å². The van der Waals surface area contributed by atoms with Crippen LogP contribution in [0.25, 0.3) is 22.0 Å². The second kappa shape index (κ2) is 8.31. The van der Waals surface area contributed by atoms with Crippen LogP contribution in [0, 0.1) is 12.8 Å². The average molecular weight is 444 g/mol. The Morgan fingerprint density at radius 3 is 2.84 bits per heavy atom. The van der Waals surface area contributed by atoms with Crippen LogP contribution in [0.15, 0.2) is 42.2 Å². The quantitative estimate of drug-likeness (QED) is 0.437. The summed E-state index contributed by atoms with van der Waals surface area (Å²) in [5.74, 6) is 1.41. The van der Waals surface area contributed by atoms with Crippen molar-refractivity contribution < 1.29 is 4.79 Å². The Morgan fingerprint density at radius 2 is 2.00 bits per heavy atom. The maximum Gasteiger partial charge on any atom is 0.256 e. The van der Waals surface area contributed by atoms with Crippen LogP contribution in [0.4, 0.5) is 11.5 Å². The zero-order chi connectivity index (χ0) is 22.2. The SMILES string of the molecule is CNc1cc2ncc(-c3cc(NC(=O)c4csc5c4CCC(C)C5)cnc3C)cc2cn1. The molecule has 32 heavy (non-hydrogen) atoms. The molecule has 0 aromatic carbocycles. The number of aromatic nitrogens is 3. The number of pyridine rings is 3. The van der Waals surface area contributed by atoms with E-state index in [1.54, 1.807) is 17.5 Å². The Bertz CT molecular complexity index is 1330. The van der Waals surface area contributed by atoms with Gasteiger partial charge in [0.1, 0.15) is 5.82 Å². The molecule has 4 heterocycles. The molecule has 5 rings (SSSR count). The summed E-state index contributed by atoms with van der Waals surface area (Å²) in [4.78, 5) is 27.9. The lowest BCUT2D eigenvalue weighted by molar-refractivity contribution is 0.102. The highest BCUT2D eigenvalue weighted by Crippen LogP contribution is 2.33. The molecule has 0 radical (unpaired) electrons. The van der Waals surface area contributed by atoms with Crippen LogP contribution in [-0.4, -0.2) is 27.9 Å². The topological polar surface area (TPSA) is 79.8 Å². The van der Waals surface area contributed by atoms with Crippen molar-refractivity contribution in [3.63, 3.8) is 0 Å². The highest BCUT2D eigenvalue weighted by atomic mass is 32.1. The van der Waals surface area contributed by atoms with Gasteiger partial charge in [0.15, 0.2) is 0 Å². The van der Waals surface area contributed by atoms with Crippen LogP contribution in [0.2, 0.25) is 0 Å². The van der Waals surface area contributed by atoms with Gasteiger partial charge in [0.05, 0.1) is 23.0 Å². The first kappa shape index (κ1) is 20.6. The minimum atomic E-state index is -0.0610. The third-order valence-electron chi connectivity index (χ3n) is 6.12. The number of hydrogen-bond donors (Lipinski definition) is 2. The Hall–Kier alpha value is -3.32. The van der Waals surface area contributed by atoms with Gasteiger partial charge in [-0.3, -0.25) is 14.8 Å². The normalized spacial score (nSPS) is 15.4. The lowest BCUT2D eigenvalue weighted by Gasteiger charge is -2.19. The number of carbonyl (C=O) groups is 1. The number of anilines is 2. The fraction of sp³-hybridized carbons (Fsp3) is 0.280. The summed E-state index contributed by atoms with van der Waals surface area (Å²) in [5.41, 5.74) is 6.35. The maximum atomic E-state index is 13.0. The van der Waals surface area contributed by atoms with E-state index in [2.05, 4.69) is 38.6 Å². The molecule has 4 aromatic rings. The smallest absolute Gasteiger partial charge is 0.256 e. The van der Waals surface area contributed by atoms with Crippen LogP contribution in [-0.2, 0) is 12.8 Å². The molecule has 162 valence electrons. The third-order valence-corrected chi connectivity index (χ3v) is 7.18. The van der Waals surface area contributed by atoms with Crippen molar-refractivity contribution in [2.75, 3.05) is 17.7 Å². The summed E-state index contributed by atoms with van der Waals surface area (Å²) in [5, 5.41) is 9.05. The van der Waals surface area contributed by atoms with Gasteiger partial charge in [-0.2, -0.15) is 0 Å². The molecule has 0 saturated heterocycles. The molecule has 0 spiro atoms. The summed E-state index contributed by atoms with van der Waals surface area (Å²) < 4.78 is 0. The number of hydrogen-bond acceptors (Lipinski definition) is 6. The molecule has 1 unspecified atom stereocenters. The molecule has 4 aromatic heterocycles. The van der Waals surface area contributed by atoms with Gasteiger partial charge in [-0.25, -0.2) is 4.98 Å². The van der Waals surface area contributed by atoms with Gasteiger partial charge in [-0.05, 0) is 49.8 Å². The average Bonchev–Trinajstić information content (AvgIpc) is 3.22. The van der Waals surface area contributed by atoms with E-state index in [0.29, 0.717) is 11.6 Å². The second-order valence-electron chi connectivity index (χ2n) is 8.45. The minimum absolute atomic E-state index is 0.0610. The van der Waals surface area contributed by atoms with Gasteiger partial charge in [0, 0.05) is 58.0 Å². The molecular weight excluding hydrogens is 418 g/mol. The van der Waals surface area contributed by atoms with E-state index in [1.807, 2.05) is 43.9 Å². The van der Waals surface area contributed by atoms with Crippen molar-refractivity contribution >= 4 is 39.7 Å². The minimum Gasteiger partial charge on any atom is -0.373 e. The fourth-order valence-corrected chi connectivity index (χ4v) is 5.51. The number of thiophene rings is 1. The van der Waals surface area contributed by atoms with Crippen LogP contribution >= 0.6 is 11.3 Å². The predicted molar refractivity (Wildman–Crippen MR) is 131 cm³/mol. The van der Waals surface area contributed by atoms with Crippen LogP contribution in [0.5, 0.6) is 0 Å². The molecule has 6 nitrogen and oxygen atoms in total. The lowest BCUT2D eigenvalue weighted by Crippen LogP contribution is -2.16. The van der Waals surface area contributed by atoms with E-state index in [0.717, 1.165) is 58.4 Å². The summed E-state index contributed by atoms with van der Waals surface area (Å²) >= 11 is 1.71. The second-order valence-corrected chi connectivity index (χ2v) is 9.41. The Kier molecular flexibility index (Phi) is 5.35. The molecule has 0 fully saturated rings. The summed E-state index contributed by atoms with van der Waals surface area (Å²) in [7, 11) is 1.84. The number of amides is 1. The zero-order valence-corrected chi connectivity index (χ0v) is 19.2. The van der Waals surface area contributed by atoms with Crippen molar-refractivity contribution in [2.45, 2.75) is 33.1 Å². The van der Waals surface area contributed by atoms with Crippen molar-refractivity contribution in [2.24, 2.45) is 5.92 Å². The predicted octanol–water partition coefficient (Wildman–Crippen LogP) is 5.48. The number of nitrogens with zero attached hydrogens (tertiary/aromatic N) is 3. The molecule has 0 saturated carbocycles. The first-order chi connectivity index (χ1) is 15.5. The van der Waals surface area contributed by atoms with E-state index in [-0.39, 0.29) is 5.91 Å². The molecule has 1 amide bonds. The van der Waals surface area contributed by atoms with Gasteiger partial charge in [-0.1, -0.05) is 6.92 Å². The number of carbonyl (C=O) groups excluding carboxylic acids is 1. The van der Waals surface area contributed by atoms with Gasteiger partial charge < -0.3 is 10.6 Å². The molecule has 1 aliphatic carbocycles. The van der Waals surface area contributed by atoms with E-state index in [9.17, 15) is 4.79 Å². The van der Waals surface area contributed by atoms with Crippen molar-refractivity contribution in [3.8, 4) is 11.1 Å². The third kappa shape index (κ3) is 3.84. The summed E-state index contributed by atoms with van der Waals surface area (Å²) in [6, 6.07) is 5.95. The van der Waals surface area contributed by atoms with E-state index in [1.165, 1.54) is 10.4 Å². The van der Waals surface area contributed by atoms with Gasteiger partial charge in [0.25, 0.3) is 5.91 Å². The fourth-order valence-electron chi connectivity index (χ4n) is 4.27. The molecule has 1 atom stereocenters. The molecular formula is C25H25N5OS. The van der Waals surface area contributed by atoms with E-state index < -0.39 is 0 Å². The van der Waals surface area contributed by atoms with Crippen molar-refractivity contribution in [3.05, 3.63) is 63.9 Å². The number of rotatable bonds is 4. The van der Waals surface area contributed by atoms with E-state index >= 15 is 0 Å². The van der Waals surface area contributed by atoms with Crippen molar-refractivity contribution in [1.82, 2.24) is 15.0 Å². The van der Waals surface area contributed by atoms with Gasteiger partial charge in [-0.15, -0.1) is 11.3 Å². The molecule has 1 aliphatic rings. The number of aryl methyl sites for hydroxylation is 1. The molecule has 0 aliphatic heterocycles.